The van der Waals surface area contributed by atoms with Crippen LogP contribution in [0.15, 0.2) is 9.98 Å². The first-order valence-corrected chi connectivity index (χ1v) is 16.7. The Morgan fingerprint density at radius 1 is 0.702 bits per heavy atom. The van der Waals surface area contributed by atoms with Gasteiger partial charge in [-0.25, -0.2) is 19.6 Å². The highest BCUT2D eigenvalue weighted by Crippen LogP contribution is 2.37. The van der Waals surface area contributed by atoms with Crippen LogP contribution in [0.2, 0.25) is 0 Å². The van der Waals surface area contributed by atoms with Crippen LogP contribution < -0.4 is 16.0 Å². The van der Waals surface area contributed by atoms with Crippen LogP contribution in [0, 0.1) is 17.3 Å². The van der Waals surface area contributed by atoms with Gasteiger partial charge in [0.05, 0.1) is 14.2 Å². The zero-order chi connectivity index (χ0) is 35.8. The molecular weight excluding hydrogens is 596 g/mol. The Kier molecular flexibility index (Phi) is 11.0. The van der Waals surface area contributed by atoms with E-state index in [9.17, 15) is 9.59 Å². The lowest BCUT2D eigenvalue weighted by molar-refractivity contribution is -0.134. The summed E-state index contributed by atoms with van der Waals surface area (Å²) in [7, 11) is 2.70. The van der Waals surface area contributed by atoms with Gasteiger partial charge in [-0.3, -0.25) is 0 Å². The molecule has 0 saturated carbocycles. The molecule has 0 aromatic carbocycles. The molecule has 2 fully saturated rings. The van der Waals surface area contributed by atoms with Crippen molar-refractivity contribution in [3.63, 3.8) is 0 Å². The minimum Gasteiger partial charge on any atom is -0.465 e. The summed E-state index contributed by atoms with van der Waals surface area (Å²) in [6, 6.07) is 0. The smallest absolute Gasteiger partial charge is 0.352 e. The second-order valence-corrected chi connectivity index (χ2v) is 18.0. The van der Waals surface area contributed by atoms with Crippen molar-refractivity contribution in [1.82, 2.24) is 25.6 Å². The fourth-order valence-electron chi connectivity index (χ4n) is 8.25. The first-order valence-electron chi connectivity index (χ1n) is 16.7. The molecule has 0 atom stereocenters. The van der Waals surface area contributed by atoms with Gasteiger partial charge in [0.25, 0.3) is 11.9 Å². The van der Waals surface area contributed by atoms with Crippen LogP contribution in [-0.4, -0.2) is 80.2 Å². The maximum Gasteiger partial charge on any atom is 0.352 e. The molecule has 2 aliphatic rings. The standard InChI is InChI=1S/C35H60N8O4/c1-30(2,3)20-35(12,13)41-29-39-27(36-23(25(44)46-14)21-16-31(4,5)42-32(6,7)17-21)38-28(40-29)37-24(26(45)47-15)22-18-33(8,9)43-34(10,11)19-22/h21-22,42-43H,16-20H2,1-15H3,(H,38,39,40,41). The SMILES string of the molecule is COC(=O)C(=Nc1nc(N=C(C(=O)OC)C2CC(C)(C)NC(C)(C)C2)nc(NC(C)(C)CC(C)(C)C)n1)C1CC(C)(C)NC(C)(C)C1. The summed E-state index contributed by atoms with van der Waals surface area (Å²) in [5.74, 6) is -1.23. The molecule has 3 heterocycles. The molecule has 0 bridgehead atoms. The first-order chi connectivity index (χ1) is 21.2. The number of aliphatic imine (C=N–C) groups is 2. The van der Waals surface area contributed by atoms with Crippen molar-refractivity contribution < 1.29 is 19.1 Å². The van der Waals surface area contributed by atoms with E-state index in [0.717, 1.165) is 6.42 Å². The Bertz CT molecular complexity index is 1270. The van der Waals surface area contributed by atoms with Crippen LogP contribution >= 0.6 is 0 Å². The number of esters is 2. The van der Waals surface area contributed by atoms with E-state index < -0.39 is 17.5 Å². The highest BCUT2D eigenvalue weighted by atomic mass is 16.5. The molecule has 0 aliphatic carbocycles. The number of nitrogens with zero attached hydrogens (tertiary/aromatic N) is 5. The lowest BCUT2D eigenvalue weighted by Crippen LogP contribution is -2.59. The Labute approximate surface area is 282 Å². The van der Waals surface area contributed by atoms with Gasteiger partial charge in [0.1, 0.15) is 11.4 Å². The van der Waals surface area contributed by atoms with Gasteiger partial charge in [-0.15, -0.1) is 0 Å². The van der Waals surface area contributed by atoms with E-state index in [-0.39, 0.29) is 68.7 Å². The lowest BCUT2D eigenvalue weighted by atomic mass is 9.74. The van der Waals surface area contributed by atoms with Crippen LogP contribution in [0.1, 0.15) is 122 Å². The molecule has 0 unspecified atom stereocenters. The van der Waals surface area contributed by atoms with Gasteiger partial charge < -0.3 is 25.4 Å². The maximum atomic E-state index is 13.3. The van der Waals surface area contributed by atoms with E-state index in [0.29, 0.717) is 25.7 Å². The number of carbonyl (C=O) groups excluding carboxylic acids is 2. The number of anilines is 1. The molecule has 0 radical (unpaired) electrons. The number of ether oxygens (including phenoxy) is 2. The quantitative estimate of drug-likeness (QED) is 0.210. The summed E-state index contributed by atoms with van der Waals surface area (Å²) in [5, 5.41) is 10.8. The number of methoxy groups -OCH3 is 2. The minimum atomic E-state index is -0.536. The molecule has 0 spiro atoms. The molecule has 1 aromatic heterocycles. The average molecular weight is 657 g/mol. The Balaban J connectivity index is 2.23. The highest BCUT2D eigenvalue weighted by molar-refractivity contribution is 6.38. The highest BCUT2D eigenvalue weighted by Gasteiger charge is 2.43. The molecule has 2 saturated heterocycles. The summed E-state index contributed by atoms with van der Waals surface area (Å²) in [4.78, 5) is 50.0. The van der Waals surface area contributed by atoms with Crippen molar-refractivity contribution in [2.24, 2.45) is 27.2 Å². The second-order valence-electron chi connectivity index (χ2n) is 18.0. The predicted molar refractivity (Wildman–Crippen MR) is 188 cm³/mol. The van der Waals surface area contributed by atoms with Crippen molar-refractivity contribution in [3.8, 4) is 0 Å². The molecule has 3 rings (SSSR count). The molecule has 1 aromatic rings. The summed E-state index contributed by atoms with van der Waals surface area (Å²) in [6.45, 7) is 27.6. The van der Waals surface area contributed by atoms with Gasteiger partial charge >= 0.3 is 11.9 Å². The second kappa shape index (κ2) is 13.5. The lowest BCUT2D eigenvalue weighted by Gasteiger charge is -2.46. The monoisotopic (exact) mass is 656 g/mol. The van der Waals surface area contributed by atoms with Crippen molar-refractivity contribution in [1.29, 1.82) is 0 Å². The van der Waals surface area contributed by atoms with E-state index in [1.165, 1.54) is 14.2 Å². The summed E-state index contributed by atoms with van der Waals surface area (Å²) < 4.78 is 10.5. The molecule has 12 heteroatoms. The van der Waals surface area contributed by atoms with Crippen molar-refractivity contribution in [3.05, 3.63) is 0 Å². The summed E-state index contributed by atoms with van der Waals surface area (Å²) >= 11 is 0. The van der Waals surface area contributed by atoms with E-state index in [2.05, 4.69) is 121 Å². The number of piperidine rings is 2. The molecule has 2 aliphatic heterocycles. The number of carbonyl (C=O) groups is 2. The van der Waals surface area contributed by atoms with Crippen LogP contribution in [-0.2, 0) is 19.1 Å². The molecule has 12 nitrogen and oxygen atoms in total. The normalized spacial score (nSPS) is 22.0. The Hall–Kier alpha value is -2.99. The zero-order valence-electron chi connectivity index (χ0n) is 31.6. The first kappa shape index (κ1) is 38.5. The fourth-order valence-corrected chi connectivity index (χ4v) is 8.25. The summed E-state index contributed by atoms with van der Waals surface area (Å²) in [5.41, 5.74) is -0.889. The average Bonchev–Trinajstić information content (AvgIpc) is 2.84. The van der Waals surface area contributed by atoms with Crippen LogP contribution in [0.5, 0.6) is 0 Å². The number of hydrogen-bond donors (Lipinski definition) is 3. The zero-order valence-corrected chi connectivity index (χ0v) is 31.6. The van der Waals surface area contributed by atoms with E-state index >= 15 is 0 Å². The van der Waals surface area contributed by atoms with Gasteiger partial charge in [-0.05, 0) is 107 Å². The Morgan fingerprint density at radius 3 is 1.34 bits per heavy atom. The summed E-state index contributed by atoms with van der Waals surface area (Å²) in [6.07, 6.45) is 3.47. The largest absolute Gasteiger partial charge is 0.465 e. The van der Waals surface area contributed by atoms with Crippen molar-refractivity contribution in [2.45, 2.75) is 150 Å². The van der Waals surface area contributed by atoms with Crippen LogP contribution in [0.3, 0.4) is 0 Å². The minimum absolute atomic E-state index is 0.0116. The molecule has 3 N–H and O–H groups in total. The van der Waals surface area contributed by atoms with Gasteiger partial charge in [0.2, 0.25) is 5.95 Å². The third kappa shape index (κ3) is 11.3. The number of rotatable bonds is 9. The van der Waals surface area contributed by atoms with E-state index in [1.807, 2.05) is 0 Å². The van der Waals surface area contributed by atoms with Crippen LogP contribution in [0.25, 0.3) is 0 Å². The van der Waals surface area contributed by atoms with Gasteiger partial charge in [-0.1, -0.05) is 20.8 Å². The topological polar surface area (TPSA) is 152 Å². The molecule has 264 valence electrons. The maximum absolute atomic E-state index is 13.3. The third-order valence-electron chi connectivity index (χ3n) is 8.42. The number of hydrogen-bond acceptors (Lipinski definition) is 12. The number of nitrogens with one attached hydrogen (secondary N) is 3. The number of aromatic nitrogens is 3. The van der Waals surface area contributed by atoms with Crippen LogP contribution in [0.4, 0.5) is 17.8 Å². The molecule has 47 heavy (non-hydrogen) atoms. The van der Waals surface area contributed by atoms with Gasteiger partial charge in [0, 0.05) is 39.5 Å². The predicted octanol–water partition coefficient (Wildman–Crippen LogP) is 6.10. The molecular formula is C35H60N8O4. The van der Waals surface area contributed by atoms with Gasteiger partial charge in [-0.2, -0.15) is 15.0 Å². The van der Waals surface area contributed by atoms with Gasteiger partial charge in [0.15, 0.2) is 0 Å². The fraction of sp³-hybridized carbons (Fsp3) is 0.800. The third-order valence-corrected chi connectivity index (χ3v) is 8.42. The Morgan fingerprint density at radius 2 is 1.04 bits per heavy atom. The van der Waals surface area contributed by atoms with E-state index in [1.54, 1.807) is 0 Å². The van der Waals surface area contributed by atoms with E-state index in [4.69, 9.17) is 19.5 Å². The van der Waals surface area contributed by atoms with Crippen molar-refractivity contribution >= 4 is 41.2 Å². The van der Waals surface area contributed by atoms with Crippen molar-refractivity contribution in [2.75, 3.05) is 19.5 Å². The molecule has 0 amide bonds.